The van der Waals surface area contributed by atoms with Gasteiger partial charge in [-0.3, -0.25) is 14.5 Å². The van der Waals surface area contributed by atoms with Crippen LogP contribution in [0.1, 0.15) is 12.5 Å². The van der Waals surface area contributed by atoms with Crippen LogP contribution in [0.4, 0.5) is 0 Å². The van der Waals surface area contributed by atoms with Gasteiger partial charge in [0, 0.05) is 40.2 Å². The predicted molar refractivity (Wildman–Crippen MR) is 83.5 cm³/mol. The van der Waals surface area contributed by atoms with E-state index >= 15 is 0 Å². The molecule has 1 fully saturated rings. The van der Waals surface area contributed by atoms with Gasteiger partial charge in [0.25, 0.3) is 0 Å². The summed E-state index contributed by atoms with van der Waals surface area (Å²) in [6, 6.07) is 7.47. The molecule has 2 amide bonds. The molecule has 1 aliphatic rings. The molecular weight excluding hydrogens is 282 g/mol. The summed E-state index contributed by atoms with van der Waals surface area (Å²) in [7, 11) is 3.24. The minimum absolute atomic E-state index is 0.0577. The van der Waals surface area contributed by atoms with Crippen molar-refractivity contribution in [3.05, 3.63) is 29.8 Å². The number of likely N-dealkylation sites (N-methyl/N-ethyl adjacent to an activating group) is 1. The van der Waals surface area contributed by atoms with Crippen molar-refractivity contribution in [3.63, 3.8) is 0 Å². The van der Waals surface area contributed by atoms with Gasteiger partial charge < -0.3 is 15.0 Å². The number of rotatable bonds is 4. The van der Waals surface area contributed by atoms with E-state index in [0.717, 1.165) is 24.4 Å². The molecule has 0 spiro atoms. The lowest BCUT2D eigenvalue weighted by atomic mass is 10.1. The zero-order chi connectivity index (χ0) is 16.1. The Morgan fingerprint density at radius 3 is 2.50 bits per heavy atom. The molecule has 6 heteroatoms. The molecule has 1 atom stereocenters. The van der Waals surface area contributed by atoms with Crippen LogP contribution in [0.3, 0.4) is 0 Å². The highest BCUT2D eigenvalue weighted by Crippen LogP contribution is 2.16. The van der Waals surface area contributed by atoms with Gasteiger partial charge >= 0.3 is 0 Å². The van der Waals surface area contributed by atoms with Crippen molar-refractivity contribution in [2.24, 2.45) is 0 Å². The third-order valence-electron chi connectivity index (χ3n) is 3.98. The van der Waals surface area contributed by atoms with E-state index in [0.29, 0.717) is 13.1 Å². The Bertz CT molecular complexity index is 530. The molecule has 1 saturated heterocycles. The Morgan fingerprint density at radius 1 is 1.27 bits per heavy atom. The number of ether oxygens (including phenoxy) is 1. The van der Waals surface area contributed by atoms with Gasteiger partial charge in [0.2, 0.25) is 11.8 Å². The molecule has 0 radical (unpaired) electrons. The Hall–Kier alpha value is -2.08. The average Bonchev–Trinajstić information content (AvgIpc) is 2.54. The number of piperazine rings is 1. The fourth-order valence-electron chi connectivity index (χ4n) is 2.74. The second kappa shape index (κ2) is 7.26. The smallest absolute Gasteiger partial charge is 0.243 e. The van der Waals surface area contributed by atoms with E-state index in [4.69, 9.17) is 4.74 Å². The van der Waals surface area contributed by atoms with E-state index in [1.807, 2.05) is 24.3 Å². The predicted octanol–water partition coefficient (Wildman–Crippen LogP) is 0.474. The molecule has 0 aromatic heterocycles. The van der Waals surface area contributed by atoms with Crippen LogP contribution in [0.2, 0.25) is 0 Å². The highest BCUT2D eigenvalue weighted by Gasteiger charge is 2.33. The van der Waals surface area contributed by atoms with Gasteiger partial charge in [0.15, 0.2) is 0 Å². The number of benzene rings is 1. The van der Waals surface area contributed by atoms with Crippen LogP contribution in [0.5, 0.6) is 5.75 Å². The van der Waals surface area contributed by atoms with E-state index in [1.165, 1.54) is 6.92 Å². The molecule has 22 heavy (non-hydrogen) atoms. The largest absolute Gasteiger partial charge is 0.497 e. The SMILES string of the molecule is CNC(=O)C1CN(Cc2ccc(OC)cc2)CCN1C(C)=O. The second-order valence-electron chi connectivity index (χ2n) is 5.43. The van der Waals surface area contributed by atoms with Gasteiger partial charge in [-0.25, -0.2) is 0 Å². The number of hydrogen-bond donors (Lipinski definition) is 1. The maximum atomic E-state index is 12.0. The van der Waals surface area contributed by atoms with Crippen molar-refractivity contribution in [2.45, 2.75) is 19.5 Å². The van der Waals surface area contributed by atoms with Crippen LogP contribution in [-0.2, 0) is 16.1 Å². The van der Waals surface area contributed by atoms with Crippen LogP contribution in [0, 0.1) is 0 Å². The summed E-state index contributed by atoms with van der Waals surface area (Å²) < 4.78 is 5.15. The summed E-state index contributed by atoms with van der Waals surface area (Å²) in [5, 5.41) is 2.64. The third-order valence-corrected chi connectivity index (χ3v) is 3.98. The van der Waals surface area contributed by atoms with Crippen molar-refractivity contribution in [3.8, 4) is 5.75 Å². The summed E-state index contributed by atoms with van der Waals surface area (Å²) in [5.41, 5.74) is 1.16. The summed E-state index contributed by atoms with van der Waals surface area (Å²) in [6.07, 6.45) is 0. The Kier molecular flexibility index (Phi) is 5.38. The maximum absolute atomic E-state index is 12.0. The number of methoxy groups -OCH3 is 1. The molecule has 0 aliphatic carbocycles. The van der Waals surface area contributed by atoms with E-state index in [9.17, 15) is 9.59 Å². The first-order valence-corrected chi connectivity index (χ1v) is 7.39. The molecule has 1 N–H and O–H groups in total. The summed E-state index contributed by atoms with van der Waals surface area (Å²) in [6.45, 7) is 4.15. The Balaban J connectivity index is 2.03. The topological polar surface area (TPSA) is 61.9 Å². The first-order valence-electron chi connectivity index (χ1n) is 7.39. The Morgan fingerprint density at radius 2 is 1.95 bits per heavy atom. The summed E-state index contributed by atoms with van der Waals surface area (Å²) in [5.74, 6) is 0.653. The van der Waals surface area contributed by atoms with Crippen LogP contribution in [-0.4, -0.2) is 61.4 Å². The summed E-state index contributed by atoms with van der Waals surface area (Å²) in [4.78, 5) is 27.5. The van der Waals surface area contributed by atoms with Crippen molar-refractivity contribution >= 4 is 11.8 Å². The number of nitrogens with zero attached hydrogens (tertiary/aromatic N) is 2. The summed E-state index contributed by atoms with van der Waals surface area (Å²) >= 11 is 0. The van der Waals surface area contributed by atoms with Crippen LogP contribution in [0.15, 0.2) is 24.3 Å². The minimum Gasteiger partial charge on any atom is -0.497 e. The minimum atomic E-state index is -0.422. The zero-order valence-electron chi connectivity index (χ0n) is 13.3. The van der Waals surface area contributed by atoms with Crippen LogP contribution < -0.4 is 10.1 Å². The first-order chi connectivity index (χ1) is 10.5. The van der Waals surface area contributed by atoms with E-state index in [-0.39, 0.29) is 11.8 Å². The molecule has 1 aromatic rings. The zero-order valence-corrected chi connectivity index (χ0v) is 13.3. The van der Waals surface area contributed by atoms with Gasteiger partial charge in [0.1, 0.15) is 11.8 Å². The molecular formula is C16H23N3O3. The highest BCUT2D eigenvalue weighted by atomic mass is 16.5. The average molecular weight is 305 g/mol. The first kappa shape index (κ1) is 16.3. The normalized spacial score (nSPS) is 18.9. The fraction of sp³-hybridized carbons (Fsp3) is 0.500. The molecule has 120 valence electrons. The number of hydrogen-bond acceptors (Lipinski definition) is 4. The van der Waals surface area contributed by atoms with Gasteiger partial charge in [-0.05, 0) is 17.7 Å². The van der Waals surface area contributed by atoms with Gasteiger partial charge in [-0.2, -0.15) is 0 Å². The maximum Gasteiger partial charge on any atom is 0.243 e. The van der Waals surface area contributed by atoms with Crippen molar-refractivity contribution in [1.29, 1.82) is 0 Å². The molecule has 1 aliphatic heterocycles. The number of carbonyl (C=O) groups is 2. The molecule has 0 bridgehead atoms. The van der Waals surface area contributed by atoms with Crippen LogP contribution in [0.25, 0.3) is 0 Å². The van der Waals surface area contributed by atoms with Gasteiger partial charge in [-0.15, -0.1) is 0 Å². The van der Waals surface area contributed by atoms with E-state index in [2.05, 4.69) is 10.2 Å². The van der Waals surface area contributed by atoms with Crippen molar-refractivity contribution in [2.75, 3.05) is 33.8 Å². The Labute approximate surface area is 131 Å². The van der Waals surface area contributed by atoms with E-state index < -0.39 is 6.04 Å². The molecule has 0 saturated carbocycles. The molecule has 1 heterocycles. The standard InChI is InChI=1S/C16H23N3O3/c1-12(20)19-9-8-18(11-15(19)16(21)17-2)10-13-4-6-14(22-3)7-5-13/h4-7,15H,8-11H2,1-3H3,(H,17,21). The lowest BCUT2D eigenvalue weighted by Gasteiger charge is -2.40. The quantitative estimate of drug-likeness (QED) is 0.878. The van der Waals surface area contributed by atoms with Crippen molar-refractivity contribution < 1.29 is 14.3 Å². The van der Waals surface area contributed by atoms with E-state index in [1.54, 1.807) is 19.1 Å². The molecule has 6 nitrogen and oxygen atoms in total. The molecule has 2 rings (SSSR count). The number of carbonyl (C=O) groups excluding carboxylic acids is 2. The van der Waals surface area contributed by atoms with Gasteiger partial charge in [0.05, 0.1) is 7.11 Å². The van der Waals surface area contributed by atoms with Crippen molar-refractivity contribution in [1.82, 2.24) is 15.1 Å². The molecule has 1 unspecified atom stereocenters. The second-order valence-corrected chi connectivity index (χ2v) is 5.43. The number of amides is 2. The number of nitrogens with one attached hydrogen (secondary N) is 1. The van der Waals surface area contributed by atoms with Crippen LogP contribution >= 0.6 is 0 Å². The highest BCUT2D eigenvalue weighted by molar-refractivity contribution is 5.87. The lowest BCUT2D eigenvalue weighted by molar-refractivity contribution is -0.142. The monoisotopic (exact) mass is 305 g/mol. The third kappa shape index (κ3) is 3.76. The fourth-order valence-corrected chi connectivity index (χ4v) is 2.74. The lowest BCUT2D eigenvalue weighted by Crippen LogP contribution is -2.59. The van der Waals surface area contributed by atoms with Gasteiger partial charge in [-0.1, -0.05) is 12.1 Å². The molecule has 1 aromatic carbocycles.